The number of benzene rings is 3. The molecule has 2 amide bonds. The number of imide groups is 1. The third-order valence-electron chi connectivity index (χ3n) is 4.31. The van der Waals surface area contributed by atoms with E-state index in [9.17, 15) is 23.1 Å². The van der Waals surface area contributed by atoms with Crippen molar-refractivity contribution in [3.63, 3.8) is 0 Å². The van der Waals surface area contributed by atoms with Crippen LogP contribution in [0.25, 0.3) is 6.08 Å². The highest BCUT2D eigenvalue weighted by atomic mass is 32.2. The maximum atomic E-state index is 12.5. The van der Waals surface area contributed by atoms with Gasteiger partial charge in [0.15, 0.2) is 0 Å². The predicted molar refractivity (Wildman–Crippen MR) is 121 cm³/mol. The lowest BCUT2D eigenvalue weighted by Gasteiger charge is -2.10. The number of ether oxygens (including phenoxy) is 1. The van der Waals surface area contributed by atoms with Crippen molar-refractivity contribution in [1.82, 2.24) is 5.32 Å². The third-order valence-corrected chi connectivity index (χ3v) is 6.52. The number of hydrogen-bond acceptors (Lipinski definition) is 7. The Kier molecular flexibility index (Phi) is 5.89. The number of carbonyl (C=O) groups is 2. The van der Waals surface area contributed by atoms with Gasteiger partial charge in [0.1, 0.15) is 17.2 Å². The van der Waals surface area contributed by atoms with Crippen LogP contribution in [0.2, 0.25) is 0 Å². The van der Waals surface area contributed by atoms with Gasteiger partial charge in [0.2, 0.25) is 0 Å². The smallest absolute Gasteiger partial charge is 0.290 e. The van der Waals surface area contributed by atoms with E-state index in [1.807, 2.05) is 0 Å². The Balaban J connectivity index is 1.42. The fourth-order valence-electron chi connectivity index (χ4n) is 2.77. The van der Waals surface area contributed by atoms with E-state index in [4.69, 9.17) is 4.74 Å². The summed E-state index contributed by atoms with van der Waals surface area (Å²) < 4.78 is 33.2. The van der Waals surface area contributed by atoms with E-state index in [-0.39, 0.29) is 10.6 Å². The summed E-state index contributed by atoms with van der Waals surface area (Å²) >= 11 is 0.844. The molecular weight excluding hydrogens is 452 g/mol. The average molecular weight is 469 g/mol. The lowest BCUT2D eigenvalue weighted by molar-refractivity contribution is -0.115. The van der Waals surface area contributed by atoms with Gasteiger partial charge in [-0.2, -0.15) is 0 Å². The lowest BCUT2D eigenvalue weighted by atomic mass is 10.2. The van der Waals surface area contributed by atoms with Crippen molar-refractivity contribution in [2.75, 3.05) is 4.72 Å². The molecule has 0 bridgehead atoms. The number of phenols is 1. The second kappa shape index (κ2) is 8.77. The Labute approximate surface area is 188 Å². The highest BCUT2D eigenvalue weighted by Crippen LogP contribution is 2.28. The molecule has 0 spiro atoms. The summed E-state index contributed by atoms with van der Waals surface area (Å²) in [4.78, 5) is 23.2. The number of sulfonamides is 1. The Bertz CT molecular complexity index is 1300. The molecule has 1 heterocycles. The van der Waals surface area contributed by atoms with Crippen LogP contribution in [0.3, 0.4) is 0 Å². The van der Waals surface area contributed by atoms with E-state index in [2.05, 4.69) is 10.0 Å². The number of amides is 2. The van der Waals surface area contributed by atoms with E-state index in [0.717, 1.165) is 17.3 Å². The van der Waals surface area contributed by atoms with Gasteiger partial charge >= 0.3 is 0 Å². The summed E-state index contributed by atoms with van der Waals surface area (Å²) in [5.74, 6) is 0.577. The molecule has 1 aliphatic rings. The summed E-state index contributed by atoms with van der Waals surface area (Å²) in [5.41, 5.74) is 1.06. The molecule has 0 unspecified atom stereocenters. The van der Waals surface area contributed by atoms with Gasteiger partial charge in [0.25, 0.3) is 21.2 Å². The average Bonchev–Trinajstić information content (AvgIpc) is 3.08. The Hall–Kier alpha value is -3.76. The van der Waals surface area contributed by atoms with E-state index in [1.54, 1.807) is 30.3 Å². The second-order valence-electron chi connectivity index (χ2n) is 6.65. The molecule has 0 aliphatic carbocycles. The number of nitrogens with one attached hydrogen (secondary N) is 2. The van der Waals surface area contributed by atoms with Crippen molar-refractivity contribution in [2.45, 2.75) is 4.90 Å². The van der Waals surface area contributed by atoms with E-state index >= 15 is 0 Å². The molecule has 3 aromatic rings. The maximum Gasteiger partial charge on any atom is 0.290 e. The van der Waals surface area contributed by atoms with Crippen LogP contribution in [0.5, 0.6) is 17.2 Å². The van der Waals surface area contributed by atoms with E-state index in [1.165, 1.54) is 48.5 Å². The fraction of sp³-hybridized carbons (Fsp3) is 0. The largest absolute Gasteiger partial charge is 0.508 e. The van der Waals surface area contributed by atoms with Crippen LogP contribution in [0, 0.1) is 0 Å². The molecule has 1 fully saturated rings. The highest BCUT2D eigenvalue weighted by molar-refractivity contribution is 8.18. The molecule has 32 heavy (non-hydrogen) atoms. The molecule has 0 atom stereocenters. The molecule has 0 radical (unpaired) electrons. The SMILES string of the molecule is O=C1NC(=O)/C(=C\c2ccc(Oc3ccc(S(=O)(=O)Nc4ccc(O)cc4)cc3)cc2)S1. The van der Waals surface area contributed by atoms with Gasteiger partial charge in [-0.1, -0.05) is 12.1 Å². The molecule has 8 nitrogen and oxygen atoms in total. The molecule has 162 valence electrons. The summed E-state index contributed by atoms with van der Waals surface area (Å²) in [7, 11) is -3.79. The highest BCUT2D eigenvalue weighted by Gasteiger charge is 2.24. The van der Waals surface area contributed by atoms with Crippen molar-refractivity contribution in [2.24, 2.45) is 0 Å². The van der Waals surface area contributed by atoms with Gasteiger partial charge in [-0.05, 0) is 84.1 Å². The van der Waals surface area contributed by atoms with Crippen molar-refractivity contribution in [3.05, 3.63) is 83.3 Å². The predicted octanol–water partition coefficient (Wildman–Crippen LogP) is 4.31. The van der Waals surface area contributed by atoms with Gasteiger partial charge in [-0.25, -0.2) is 8.42 Å². The number of rotatable bonds is 6. The molecular formula is C22H16N2O6S2. The molecule has 1 aliphatic heterocycles. The molecule has 0 aromatic heterocycles. The van der Waals surface area contributed by atoms with Crippen LogP contribution in [0.1, 0.15) is 5.56 Å². The molecule has 1 saturated heterocycles. The number of hydrogen-bond donors (Lipinski definition) is 3. The first-order valence-corrected chi connectivity index (χ1v) is 11.5. The van der Waals surface area contributed by atoms with Crippen molar-refractivity contribution in [1.29, 1.82) is 0 Å². The maximum absolute atomic E-state index is 12.5. The molecule has 10 heteroatoms. The molecule has 0 saturated carbocycles. The Morgan fingerprint density at radius 3 is 2.03 bits per heavy atom. The molecule has 3 aromatic carbocycles. The van der Waals surface area contributed by atoms with Gasteiger partial charge in [-0.3, -0.25) is 19.6 Å². The summed E-state index contributed by atoms with van der Waals surface area (Å²) in [5, 5.41) is 11.1. The number of aromatic hydroxyl groups is 1. The molecule has 4 rings (SSSR count). The summed E-state index contributed by atoms with van der Waals surface area (Å²) in [6.45, 7) is 0. The summed E-state index contributed by atoms with van der Waals surface area (Å²) in [6, 6.07) is 18.5. The quantitative estimate of drug-likeness (QED) is 0.364. The minimum atomic E-state index is -3.79. The number of carbonyl (C=O) groups excluding carboxylic acids is 2. The zero-order chi connectivity index (χ0) is 22.7. The monoisotopic (exact) mass is 468 g/mol. The van der Waals surface area contributed by atoms with Crippen LogP contribution in [-0.2, 0) is 14.8 Å². The zero-order valence-corrected chi connectivity index (χ0v) is 17.9. The standard InChI is InChI=1S/C22H16N2O6S2/c25-16-5-3-15(4-6-16)24-32(28,29)19-11-9-18(10-12-19)30-17-7-1-14(2-8-17)13-20-21(26)23-22(27)31-20/h1-13,24-25H,(H,23,26,27)/b20-13+. The van der Waals surface area contributed by atoms with Gasteiger partial charge in [0.05, 0.1) is 9.80 Å². The fourth-order valence-corrected chi connectivity index (χ4v) is 4.51. The number of thioether (sulfide) groups is 1. The second-order valence-corrected chi connectivity index (χ2v) is 9.34. The third kappa shape index (κ3) is 5.10. The first-order valence-electron chi connectivity index (χ1n) is 9.23. The van der Waals surface area contributed by atoms with Crippen LogP contribution >= 0.6 is 11.8 Å². The summed E-state index contributed by atoms with van der Waals surface area (Å²) in [6.07, 6.45) is 1.61. The van der Waals surface area contributed by atoms with Gasteiger partial charge < -0.3 is 9.84 Å². The van der Waals surface area contributed by atoms with Crippen molar-refractivity contribution >= 4 is 44.7 Å². The van der Waals surface area contributed by atoms with Crippen LogP contribution in [0.15, 0.2) is 82.6 Å². The topological polar surface area (TPSA) is 122 Å². The molecule has 3 N–H and O–H groups in total. The Morgan fingerprint density at radius 1 is 0.875 bits per heavy atom. The van der Waals surface area contributed by atoms with Crippen LogP contribution < -0.4 is 14.8 Å². The Morgan fingerprint density at radius 2 is 1.47 bits per heavy atom. The van der Waals surface area contributed by atoms with E-state index in [0.29, 0.717) is 22.1 Å². The first kappa shape index (κ1) is 21.5. The number of anilines is 1. The minimum absolute atomic E-state index is 0.0390. The normalized spacial score (nSPS) is 14.9. The van der Waals surface area contributed by atoms with Crippen LogP contribution in [0.4, 0.5) is 10.5 Å². The van der Waals surface area contributed by atoms with Crippen LogP contribution in [-0.4, -0.2) is 24.7 Å². The minimum Gasteiger partial charge on any atom is -0.508 e. The van der Waals surface area contributed by atoms with Gasteiger partial charge in [0, 0.05) is 5.69 Å². The zero-order valence-electron chi connectivity index (χ0n) is 16.3. The van der Waals surface area contributed by atoms with E-state index < -0.39 is 21.2 Å². The van der Waals surface area contributed by atoms with Crippen molar-refractivity contribution in [3.8, 4) is 17.2 Å². The number of phenolic OH excluding ortho intramolecular Hbond substituents is 1. The van der Waals surface area contributed by atoms with Crippen molar-refractivity contribution < 1.29 is 27.9 Å². The first-order chi connectivity index (χ1) is 15.3. The lowest BCUT2D eigenvalue weighted by Crippen LogP contribution is -2.17. The van der Waals surface area contributed by atoms with Gasteiger partial charge in [-0.15, -0.1) is 0 Å².